The van der Waals surface area contributed by atoms with Crippen LogP contribution in [0.3, 0.4) is 0 Å². The molecule has 0 radical (unpaired) electrons. The number of hydrogen-bond donors (Lipinski definition) is 0. The Morgan fingerprint density at radius 3 is 2.50 bits per heavy atom. The Balaban J connectivity index is 2.02. The maximum atomic E-state index is 10.5. The third kappa shape index (κ3) is 4.30. The van der Waals surface area contributed by atoms with Gasteiger partial charge >= 0.3 is 5.82 Å². The van der Waals surface area contributed by atoms with Gasteiger partial charge in [0, 0.05) is 6.42 Å². The van der Waals surface area contributed by atoms with Crippen molar-refractivity contribution in [1.29, 1.82) is 0 Å². The van der Waals surface area contributed by atoms with Gasteiger partial charge in [0.2, 0.25) is 0 Å². The minimum atomic E-state index is -0.592. The van der Waals surface area contributed by atoms with Crippen LogP contribution in [0.15, 0.2) is 19.9 Å². The fraction of sp³-hybridized carbons (Fsp3) is 0.727. The summed E-state index contributed by atoms with van der Waals surface area (Å²) in [6.07, 6.45) is 9.69. The summed E-state index contributed by atoms with van der Waals surface area (Å²) < 4.78 is 9.33. The molecular formula is C11H18O3. The van der Waals surface area contributed by atoms with E-state index in [2.05, 4.69) is 11.3 Å². The van der Waals surface area contributed by atoms with E-state index in [0.29, 0.717) is 5.76 Å². The van der Waals surface area contributed by atoms with Crippen molar-refractivity contribution < 1.29 is 8.83 Å². The van der Waals surface area contributed by atoms with Gasteiger partial charge in [-0.15, -0.1) is 0 Å². The van der Waals surface area contributed by atoms with E-state index in [1.807, 2.05) is 0 Å². The highest BCUT2D eigenvalue weighted by Gasteiger charge is 2.00. The van der Waals surface area contributed by atoms with Gasteiger partial charge in [0.25, 0.3) is 0 Å². The average molecular weight is 198 g/mol. The lowest BCUT2D eigenvalue weighted by Crippen LogP contribution is -1.88. The molecule has 14 heavy (non-hydrogen) atoms. The second-order valence-electron chi connectivity index (χ2n) is 3.57. The molecule has 1 aromatic heterocycles. The molecule has 0 unspecified atom stereocenters. The summed E-state index contributed by atoms with van der Waals surface area (Å²) in [6, 6.07) is 0. The summed E-state index contributed by atoms with van der Waals surface area (Å²) in [6.45, 7) is 2.21. The quantitative estimate of drug-likeness (QED) is 0.632. The molecule has 0 spiro atoms. The molecule has 1 aromatic rings. The van der Waals surface area contributed by atoms with Gasteiger partial charge in [0.05, 0.1) is 0 Å². The predicted octanol–water partition coefficient (Wildman–Crippen LogP) is 3.14. The van der Waals surface area contributed by atoms with Gasteiger partial charge in [-0.2, -0.15) is 0 Å². The molecule has 0 bridgehead atoms. The molecular weight excluding hydrogens is 180 g/mol. The van der Waals surface area contributed by atoms with E-state index in [0.717, 1.165) is 12.8 Å². The molecule has 80 valence electrons. The number of hydrogen-bond acceptors (Lipinski definition) is 3. The van der Waals surface area contributed by atoms with Crippen molar-refractivity contribution in [3.63, 3.8) is 0 Å². The highest BCUT2D eigenvalue weighted by atomic mass is 16.6. The summed E-state index contributed by atoms with van der Waals surface area (Å²) in [4.78, 5) is 10.5. The first-order valence-corrected chi connectivity index (χ1v) is 5.40. The standard InChI is InChI=1S/C11H18O3/c1-2-3-4-5-6-7-8-10-9-13-11(12)14-10/h9H,2-8H2,1H3. The molecule has 0 fully saturated rings. The molecule has 3 heteroatoms. The third-order valence-corrected chi connectivity index (χ3v) is 2.28. The molecule has 0 aromatic carbocycles. The van der Waals surface area contributed by atoms with Crippen LogP contribution in [0.2, 0.25) is 0 Å². The first kappa shape index (κ1) is 11.1. The Labute approximate surface area is 84.1 Å². The maximum absolute atomic E-state index is 10.5. The topological polar surface area (TPSA) is 43.4 Å². The first-order valence-electron chi connectivity index (χ1n) is 5.40. The van der Waals surface area contributed by atoms with Gasteiger partial charge in [-0.05, 0) is 6.42 Å². The maximum Gasteiger partial charge on any atom is 0.518 e. The van der Waals surface area contributed by atoms with E-state index in [1.54, 1.807) is 0 Å². The van der Waals surface area contributed by atoms with Crippen molar-refractivity contribution in [3.05, 3.63) is 22.6 Å². The molecule has 0 saturated carbocycles. The van der Waals surface area contributed by atoms with Crippen LogP contribution in [-0.2, 0) is 6.42 Å². The fourth-order valence-electron chi connectivity index (χ4n) is 1.46. The van der Waals surface area contributed by atoms with Crippen molar-refractivity contribution in [3.8, 4) is 0 Å². The van der Waals surface area contributed by atoms with Gasteiger partial charge in [-0.3, -0.25) is 0 Å². The second-order valence-corrected chi connectivity index (χ2v) is 3.57. The van der Waals surface area contributed by atoms with E-state index in [1.165, 1.54) is 38.4 Å². The summed E-state index contributed by atoms with van der Waals surface area (Å²) in [5.41, 5.74) is 0. The largest absolute Gasteiger partial charge is 0.518 e. The number of rotatable bonds is 7. The van der Waals surface area contributed by atoms with Crippen molar-refractivity contribution in [2.24, 2.45) is 0 Å². The molecule has 0 saturated heterocycles. The number of unbranched alkanes of at least 4 members (excludes halogenated alkanes) is 5. The zero-order valence-electron chi connectivity index (χ0n) is 8.75. The first-order chi connectivity index (χ1) is 6.83. The zero-order chi connectivity index (χ0) is 10.2. The molecule has 0 aliphatic rings. The molecule has 0 atom stereocenters. The number of aryl methyl sites for hydroxylation is 1. The predicted molar refractivity (Wildman–Crippen MR) is 54.3 cm³/mol. The van der Waals surface area contributed by atoms with Crippen LogP contribution in [0, 0.1) is 0 Å². The van der Waals surface area contributed by atoms with Crippen LogP contribution < -0.4 is 5.82 Å². The van der Waals surface area contributed by atoms with Gasteiger partial charge in [0.1, 0.15) is 12.0 Å². The van der Waals surface area contributed by atoms with Crippen LogP contribution in [0.4, 0.5) is 0 Å². The zero-order valence-corrected chi connectivity index (χ0v) is 8.75. The summed E-state index contributed by atoms with van der Waals surface area (Å²) >= 11 is 0. The molecule has 1 rings (SSSR count). The Morgan fingerprint density at radius 2 is 1.86 bits per heavy atom. The highest BCUT2D eigenvalue weighted by Crippen LogP contribution is 2.08. The van der Waals surface area contributed by atoms with Crippen molar-refractivity contribution in [2.75, 3.05) is 0 Å². The lowest BCUT2D eigenvalue weighted by Gasteiger charge is -1.97. The van der Waals surface area contributed by atoms with Crippen LogP contribution in [0.5, 0.6) is 0 Å². The lowest BCUT2D eigenvalue weighted by atomic mass is 10.1. The van der Waals surface area contributed by atoms with Crippen molar-refractivity contribution in [1.82, 2.24) is 0 Å². The molecule has 1 heterocycles. The summed E-state index contributed by atoms with van der Waals surface area (Å²) in [5, 5.41) is 0. The van der Waals surface area contributed by atoms with Gasteiger partial charge in [0.15, 0.2) is 0 Å². The molecule has 3 nitrogen and oxygen atoms in total. The second kappa shape index (κ2) is 6.46. The van der Waals surface area contributed by atoms with E-state index in [4.69, 9.17) is 4.42 Å². The smallest absolute Gasteiger partial charge is 0.399 e. The van der Waals surface area contributed by atoms with Crippen LogP contribution >= 0.6 is 0 Å². The summed E-state index contributed by atoms with van der Waals surface area (Å²) in [5.74, 6) is 0.0801. The molecule has 0 aliphatic heterocycles. The van der Waals surface area contributed by atoms with E-state index in [9.17, 15) is 4.79 Å². The van der Waals surface area contributed by atoms with Crippen LogP contribution in [0.1, 0.15) is 51.2 Å². The van der Waals surface area contributed by atoms with Gasteiger partial charge in [-0.25, -0.2) is 4.79 Å². The van der Waals surface area contributed by atoms with Gasteiger partial charge < -0.3 is 8.83 Å². The molecule has 0 N–H and O–H groups in total. The Kier molecular flexibility index (Phi) is 5.12. The van der Waals surface area contributed by atoms with Crippen LogP contribution in [-0.4, -0.2) is 0 Å². The minimum absolute atomic E-state index is 0.592. The van der Waals surface area contributed by atoms with Crippen molar-refractivity contribution >= 4 is 0 Å². The highest BCUT2D eigenvalue weighted by molar-refractivity contribution is 4.84. The fourth-order valence-corrected chi connectivity index (χ4v) is 1.46. The Hall–Kier alpha value is -0.990. The van der Waals surface area contributed by atoms with E-state index in [-0.39, 0.29) is 0 Å². The normalized spacial score (nSPS) is 10.6. The summed E-state index contributed by atoms with van der Waals surface area (Å²) in [7, 11) is 0. The Morgan fingerprint density at radius 1 is 1.14 bits per heavy atom. The molecule has 0 aliphatic carbocycles. The van der Waals surface area contributed by atoms with E-state index < -0.39 is 5.82 Å². The lowest BCUT2D eigenvalue weighted by molar-refractivity contribution is 0.371. The molecule has 0 amide bonds. The van der Waals surface area contributed by atoms with Crippen LogP contribution in [0.25, 0.3) is 0 Å². The third-order valence-electron chi connectivity index (χ3n) is 2.28. The van der Waals surface area contributed by atoms with E-state index >= 15 is 0 Å². The average Bonchev–Trinajstić information content (AvgIpc) is 2.58. The Bertz CT molecular complexity index is 285. The van der Waals surface area contributed by atoms with Gasteiger partial charge in [-0.1, -0.05) is 39.0 Å². The minimum Gasteiger partial charge on any atom is -0.399 e. The SMILES string of the molecule is CCCCCCCCc1coc(=O)o1. The van der Waals surface area contributed by atoms with Crippen molar-refractivity contribution in [2.45, 2.75) is 51.9 Å². The monoisotopic (exact) mass is 198 g/mol.